The van der Waals surface area contributed by atoms with Crippen molar-refractivity contribution in [2.24, 2.45) is 28.2 Å². The van der Waals surface area contributed by atoms with Gasteiger partial charge in [0.25, 0.3) is 0 Å². The fourth-order valence-electron chi connectivity index (χ4n) is 10.1. The van der Waals surface area contributed by atoms with Crippen LogP contribution in [0.3, 0.4) is 0 Å². The van der Waals surface area contributed by atoms with Crippen molar-refractivity contribution in [2.45, 2.75) is 228 Å². The Hall–Kier alpha value is -4.39. The summed E-state index contributed by atoms with van der Waals surface area (Å²) in [5.41, 5.74) is -17.0. The van der Waals surface area contributed by atoms with Crippen molar-refractivity contribution in [1.82, 2.24) is 18.3 Å². The molecule has 6 rings (SSSR count). The summed E-state index contributed by atoms with van der Waals surface area (Å²) in [6.07, 6.45) is 51.1. The van der Waals surface area contributed by atoms with Gasteiger partial charge in [0.1, 0.15) is 49.6 Å². The minimum absolute atomic E-state index is 0.246. The Morgan fingerprint density at radius 3 is 0.707 bits per heavy atom. The van der Waals surface area contributed by atoms with Crippen LogP contribution in [-0.4, -0.2) is 216 Å². The Kier molecular flexibility index (Phi) is 61.6. The van der Waals surface area contributed by atoms with E-state index < -0.39 is 110 Å². The molecular weight excluding hydrogens is 2070 g/mol. The van der Waals surface area contributed by atoms with Gasteiger partial charge in [-0.1, -0.05) is 73.1 Å². The average Bonchev–Trinajstić information content (AvgIpc) is 1.06. The van der Waals surface area contributed by atoms with Gasteiger partial charge in [-0.25, -0.2) is 95.5 Å². The third kappa shape index (κ3) is 111. The molecule has 2 aliphatic heterocycles. The molecule has 0 unspecified atom stereocenters. The quantitative estimate of drug-likeness (QED) is 0.0122. The van der Waals surface area contributed by atoms with Gasteiger partial charge in [-0.2, -0.15) is 39.5 Å². The maximum absolute atomic E-state index is 11.4. The molecule has 0 N–H and O–H groups in total. The number of rotatable bonds is 29. The minimum atomic E-state index is -10.7. The number of hydrogen-bond donors (Lipinski definition) is 0. The second-order valence-electron chi connectivity index (χ2n) is 30.4. The summed E-state index contributed by atoms with van der Waals surface area (Å²) in [6, 6.07) is 0. The van der Waals surface area contributed by atoms with Gasteiger partial charge in [0.15, 0.2) is 30.1 Å². The van der Waals surface area contributed by atoms with Crippen LogP contribution in [0.1, 0.15) is 185 Å². The first kappa shape index (κ1) is 144. The number of sulfonamides is 6. The number of imidazole rings is 4. The van der Waals surface area contributed by atoms with Crippen LogP contribution in [0.15, 0.2) is 74.9 Å². The summed E-state index contributed by atoms with van der Waals surface area (Å²) in [5, 5.41) is 0. The van der Waals surface area contributed by atoms with Crippen molar-refractivity contribution in [3.8, 4) is 0 Å². The molecule has 810 valence electrons. The summed E-state index contributed by atoms with van der Waals surface area (Å²) >= 11 is 0. The fraction of sp³-hybridized carbons (Fsp3) is 0.821. The van der Waals surface area contributed by atoms with E-state index in [0.29, 0.717) is 6.26 Å². The van der Waals surface area contributed by atoms with Crippen molar-refractivity contribution in [3.05, 3.63) is 87.3 Å². The summed E-state index contributed by atoms with van der Waals surface area (Å²) in [6.45, 7) is 40.8. The van der Waals surface area contributed by atoms with Crippen molar-refractivity contribution in [3.63, 3.8) is 0 Å². The number of alkyl halides is 9. The summed E-state index contributed by atoms with van der Waals surface area (Å²) in [4.78, 5) is 0. The Bertz CT molecular complexity index is 4390. The van der Waals surface area contributed by atoms with Gasteiger partial charge in [0.05, 0.1) is 174 Å². The fourth-order valence-corrected chi connectivity index (χ4v) is 15.4. The van der Waals surface area contributed by atoms with Crippen LogP contribution in [0.5, 0.6) is 0 Å². The second-order valence-corrected chi connectivity index (χ2v) is 48.0. The van der Waals surface area contributed by atoms with E-state index in [1.807, 2.05) is 42.7 Å². The normalized spacial score (nSPS) is 15.7. The molecule has 0 amide bonds. The van der Waals surface area contributed by atoms with Gasteiger partial charge in [-0.05, 0) is 98.8 Å². The molecule has 4 aromatic rings. The second kappa shape index (κ2) is 56.9. The molecule has 0 bridgehead atoms. The van der Waals surface area contributed by atoms with E-state index in [0.717, 1.165) is 19.6 Å². The number of aryl methyl sites for hydroxylation is 8. The standard InChI is InChI=1S/C11H26N.C10H19N2.C10H22N.C9H20N.C8H15N2.2C6H11N2.3C2H3F3NO4S2.CH4O3S.3F6P/c1-5-9-10-11-12(6-2,7-3)8-4;1-3-4-5-6-7-12-9-8-11(2)10-12;1-3-4-8-11(2)9-6-5-7-10-11;1-3-4-7-10(2)8-5-6-9-10;1-3-4-5-10-7-6-9(2)8-10;2*1-3-8-5-4-7(2)6-8;3*1-11(7,8)6-12(9,10)2(3,4)5;1-5(2,3)4;3*1-7(2,3,4,5)6/h5-11H2,1-4H3;8-10H,3-7H2,1-2H3;3-10H2,1-2H3;3-9H2,1-2H3;6-8H,3-5H2,1-2H3;2*4-6H,3H2,1-2H3;3*1H3;1H3,(H,2,3,4);;;/q7*+1;3*-1;;3*-1/p-1. The van der Waals surface area contributed by atoms with Crippen molar-refractivity contribution in [2.75, 3.05) is 105 Å². The van der Waals surface area contributed by atoms with E-state index in [1.54, 1.807) is 12.4 Å². The number of nitrogens with zero attached hydrogens (tertiary/aromatic N) is 14. The SMILES string of the molecule is CCCCCCn1cc[n+](C)c1.CCCCC[N+](CC)(CC)CC.CCCC[N+]1(C)CCCC1.CCCC[N+]1(C)CCCCC1.CCCCn1cc[n+](C)c1.CCn1cc[n+](C)c1.CCn1cc[n+](C)c1.CS(=O)(=O)[N-]S(=O)(=O)C(F)(F)F.CS(=O)(=O)[N-]S(=O)(=O)C(F)(F)F.CS(=O)(=O)[N-]S(=O)(=O)C(F)(F)F.CS(=O)(=O)[O-].F[P-](F)(F)(F)(F)F.F[P-](F)(F)(F)(F)F.F[P-](F)(F)(F)(F)F. The van der Waals surface area contributed by atoms with Gasteiger partial charge in [-0.3, -0.25) is 0 Å². The van der Waals surface area contributed by atoms with Crippen molar-refractivity contribution < 1.29 is 210 Å². The number of quaternary nitrogens is 3. The molecular formula is C67H136F27N14O15P3S7. The number of likely N-dealkylation sites (tertiary alicyclic amines) is 2. The van der Waals surface area contributed by atoms with Gasteiger partial charge >= 0.3 is 115 Å². The third-order valence-corrected chi connectivity index (χ3v) is 23.9. The molecule has 0 aliphatic carbocycles. The Labute approximate surface area is 765 Å². The predicted molar refractivity (Wildman–Crippen MR) is 459 cm³/mol. The molecule has 2 aliphatic rings. The maximum atomic E-state index is 11.4. The number of halogens is 27. The topological polar surface area (TPSA) is 340 Å². The molecule has 0 aromatic carbocycles. The number of piperidine rings is 1. The van der Waals surface area contributed by atoms with Gasteiger partial charge < -0.3 is 30.4 Å². The molecule has 0 radical (unpaired) electrons. The van der Waals surface area contributed by atoms with E-state index in [-0.39, 0.29) is 18.8 Å². The van der Waals surface area contributed by atoms with Crippen LogP contribution in [0.2, 0.25) is 0 Å². The molecule has 6 heterocycles. The molecule has 2 fully saturated rings. The third-order valence-electron chi connectivity index (χ3n) is 16.5. The molecule has 2 saturated heterocycles. The van der Waals surface area contributed by atoms with E-state index in [1.165, 1.54) is 201 Å². The van der Waals surface area contributed by atoms with E-state index >= 15 is 0 Å². The summed E-state index contributed by atoms with van der Waals surface area (Å²) < 4.78 is 454. The Balaban J connectivity index is -0.000000212. The van der Waals surface area contributed by atoms with Crippen LogP contribution in [0, 0.1) is 0 Å². The Morgan fingerprint density at radius 1 is 0.338 bits per heavy atom. The van der Waals surface area contributed by atoms with Gasteiger partial charge in [0.2, 0.25) is 25.3 Å². The first-order valence-electron chi connectivity index (χ1n) is 40.2. The zero-order valence-corrected chi connectivity index (χ0v) is 86.2. The molecule has 29 nitrogen and oxygen atoms in total. The molecule has 66 heteroatoms. The van der Waals surface area contributed by atoms with Crippen LogP contribution in [0.25, 0.3) is 12.4 Å². The first-order valence-corrected chi connectivity index (χ1v) is 58.0. The molecule has 133 heavy (non-hydrogen) atoms. The van der Waals surface area contributed by atoms with Crippen molar-refractivity contribution in [1.29, 1.82) is 0 Å². The molecule has 0 atom stereocenters. The summed E-state index contributed by atoms with van der Waals surface area (Å²) in [5.74, 6) is 0. The van der Waals surface area contributed by atoms with Crippen LogP contribution >= 0.6 is 23.4 Å². The molecule has 4 aromatic heterocycles. The zero-order valence-electron chi connectivity index (χ0n) is 77.8. The Morgan fingerprint density at radius 2 is 0.541 bits per heavy atom. The average molecular weight is 2210 g/mol. The number of hydrogen-bond acceptors (Lipinski definition) is 15. The van der Waals surface area contributed by atoms with Gasteiger partial charge in [0, 0.05) is 37.9 Å². The number of aromatic nitrogens is 8. The van der Waals surface area contributed by atoms with E-state index in [2.05, 4.69) is 180 Å². The molecule has 0 saturated carbocycles. The van der Waals surface area contributed by atoms with Gasteiger partial charge in [-0.15, -0.1) is 0 Å². The van der Waals surface area contributed by atoms with Crippen LogP contribution < -0.4 is 18.3 Å². The van der Waals surface area contributed by atoms with Crippen LogP contribution in [-0.2, 0) is 125 Å². The predicted octanol–water partition coefficient (Wildman–Crippen LogP) is 21.0. The zero-order chi connectivity index (χ0) is 108. The molecule has 0 spiro atoms. The number of unbranched alkanes of at least 4 members (excludes halogenated alkanes) is 8. The summed E-state index contributed by atoms with van der Waals surface area (Å²) in [7, 11) is -54.3. The van der Waals surface area contributed by atoms with E-state index in [4.69, 9.17) is 13.0 Å². The van der Waals surface area contributed by atoms with Crippen LogP contribution in [0.4, 0.5) is 115 Å². The monoisotopic (exact) mass is 2210 g/mol. The van der Waals surface area contributed by atoms with E-state index in [9.17, 15) is 166 Å². The first-order chi connectivity index (χ1) is 58.3. The van der Waals surface area contributed by atoms with Crippen molar-refractivity contribution >= 4 is 93.7 Å².